The van der Waals surface area contributed by atoms with Crippen molar-refractivity contribution in [2.75, 3.05) is 18.0 Å². The summed E-state index contributed by atoms with van der Waals surface area (Å²) >= 11 is 1.86. The molecule has 0 bridgehead atoms. The lowest BCUT2D eigenvalue weighted by Gasteiger charge is -2.28. The number of nitrogens with one attached hydrogen (secondary N) is 1. The number of hydrogen-bond acceptors (Lipinski definition) is 4. The SMILES string of the molecule is CCNCc1sc(N(CC(C)C)C(C)C)nc1C(C)(C)C. The Morgan fingerprint density at radius 3 is 2.24 bits per heavy atom. The van der Waals surface area contributed by atoms with Crippen molar-refractivity contribution >= 4 is 16.5 Å². The second kappa shape index (κ2) is 7.59. The van der Waals surface area contributed by atoms with E-state index in [-0.39, 0.29) is 5.41 Å². The van der Waals surface area contributed by atoms with Gasteiger partial charge in [0.1, 0.15) is 0 Å². The zero-order chi connectivity index (χ0) is 16.2. The second-order valence-electron chi connectivity index (χ2n) is 7.44. The van der Waals surface area contributed by atoms with Gasteiger partial charge in [0.25, 0.3) is 0 Å². The molecule has 0 fully saturated rings. The maximum atomic E-state index is 5.01. The summed E-state index contributed by atoms with van der Waals surface area (Å²) < 4.78 is 0. The van der Waals surface area contributed by atoms with Crippen molar-refractivity contribution in [1.82, 2.24) is 10.3 Å². The van der Waals surface area contributed by atoms with E-state index in [1.165, 1.54) is 15.7 Å². The highest BCUT2D eigenvalue weighted by Crippen LogP contribution is 2.34. The summed E-state index contributed by atoms with van der Waals surface area (Å²) in [6, 6.07) is 0.485. The van der Waals surface area contributed by atoms with Gasteiger partial charge in [-0.2, -0.15) is 0 Å². The van der Waals surface area contributed by atoms with Crippen LogP contribution >= 0.6 is 11.3 Å². The quantitative estimate of drug-likeness (QED) is 0.808. The number of anilines is 1. The fourth-order valence-electron chi connectivity index (χ4n) is 2.31. The van der Waals surface area contributed by atoms with Gasteiger partial charge in [-0.05, 0) is 26.3 Å². The van der Waals surface area contributed by atoms with Gasteiger partial charge in [0.05, 0.1) is 5.69 Å². The third kappa shape index (κ3) is 5.26. The Morgan fingerprint density at radius 1 is 1.19 bits per heavy atom. The lowest BCUT2D eigenvalue weighted by molar-refractivity contribution is 0.550. The van der Waals surface area contributed by atoms with Gasteiger partial charge in [-0.15, -0.1) is 11.3 Å². The van der Waals surface area contributed by atoms with Gasteiger partial charge in [0.2, 0.25) is 0 Å². The van der Waals surface area contributed by atoms with Gasteiger partial charge in [-0.3, -0.25) is 0 Å². The van der Waals surface area contributed by atoms with Crippen molar-refractivity contribution in [1.29, 1.82) is 0 Å². The van der Waals surface area contributed by atoms with E-state index >= 15 is 0 Å². The number of thiazole rings is 1. The van der Waals surface area contributed by atoms with Crippen LogP contribution in [0, 0.1) is 5.92 Å². The normalized spacial score (nSPS) is 12.5. The molecule has 1 rings (SSSR count). The molecule has 0 atom stereocenters. The Labute approximate surface area is 135 Å². The zero-order valence-corrected chi connectivity index (χ0v) is 15.9. The van der Waals surface area contributed by atoms with Crippen molar-refractivity contribution in [3.8, 4) is 0 Å². The molecule has 0 radical (unpaired) electrons. The second-order valence-corrected chi connectivity index (χ2v) is 8.50. The highest BCUT2D eigenvalue weighted by molar-refractivity contribution is 7.15. The maximum absolute atomic E-state index is 5.01. The van der Waals surface area contributed by atoms with Crippen LogP contribution in [0.1, 0.15) is 66.0 Å². The third-order valence-corrected chi connectivity index (χ3v) is 4.46. The van der Waals surface area contributed by atoms with Crippen LogP contribution in [-0.4, -0.2) is 24.1 Å². The van der Waals surface area contributed by atoms with Crippen LogP contribution in [0.15, 0.2) is 0 Å². The molecule has 1 aromatic rings. The molecule has 1 aromatic heterocycles. The van der Waals surface area contributed by atoms with Gasteiger partial charge in [0, 0.05) is 29.4 Å². The summed E-state index contributed by atoms with van der Waals surface area (Å²) in [6.07, 6.45) is 0. The highest BCUT2D eigenvalue weighted by Gasteiger charge is 2.25. The Bertz CT molecular complexity index is 430. The number of hydrogen-bond donors (Lipinski definition) is 1. The minimum Gasteiger partial charge on any atom is -0.345 e. The Morgan fingerprint density at radius 2 is 1.81 bits per heavy atom. The van der Waals surface area contributed by atoms with E-state index in [0.717, 1.165) is 19.6 Å². The summed E-state index contributed by atoms with van der Waals surface area (Å²) in [5, 5.41) is 4.63. The van der Waals surface area contributed by atoms with E-state index in [1.54, 1.807) is 0 Å². The average molecular weight is 312 g/mol. The monoisotopic (exact) mass is 311 g/mol. The van der Waals surface area contributed by atoms with Crippen LogP contribution in [0.25, 0.3) is 0 Å². The lowest BCUT2D eigenvalue weighted by Crippen LogP contribution is -2.34. The largest absolute Gasteiger partial charge is 0.345 e. The van der Waals surface area contributed by atoms with Crippen LogP contribution < -0.4 is 10.2 Å². The van der Waals surface area contributed by atoms with Crippen molar-refractivity contribution in [2.24, 2.45) is 5.92 Å². The maximum Gasteiger partial charge on any atom is 0.186 e. The van der Waals surface area contributed by atoms with Crippen molar-refractivity contribution in [3.63, 3.8) is 0 Å². The molecule has 0 spiro atoms. The average Bonchev–Trinajstić information content (AvgIpc) is 2.76. The molecule has 0 saturated carbocycles. The van der Waals surface area contributed by atoms with Gasteiger partial charge >= 0.3 is 0 Å². The van der Waals surface area contributed by atoms with E-state index in [2.05, 4.69) is 65.6 Å². The fourth-order valence-corrected chi connectivity index (χ4v) is 3.69. The summed E-state index contributed by atoms with van der Waals surface area (Å²) in [6.45, 7) is 20.9. The van der Waals surface area contributed by atoms with Crippen molar-refractivity contribution in [2.45, 2.75) is 73.4 Å². The molecular weight excluding hydrogens is 278 g/mol. The Balaban J connectivity index is 3.14. The molecule has 0 amide bonds. The van der Waals surface area contributed by atoms with Gasteiger partial charge in [-0.25, -0.2) is 4.98 Å². The standard InChI is InChI=1S/C17H33N3S/c1-9-18-10-14-15(17(6,7)8)19-16(21-14)20(13(4)5)11-12(2)3/h12-13,18H,9-11H2,1-8H3. The van der Waals surface area contributed by atoms with E-state index < -0.39 is 0 Å². The Hall–Kier alpha value is -0.610. The van der Waals surface area contributed by atoms with E-state index in [0.29, 0.717) is 12.0 Å². The summed E-state index contributed by atoms with van der Waals surface area (Å²) in [5.74, 6) is 0.645. The molecule has 3 nitrogen and oxygen atoms in total. The first-order valence-corrected chi connectivity index (χ1v) is 8.96. The Kier molecular flexibility index (Phi) is 6.67. The van der Waals surface area contributed by atoms with E-state index in [4.69, 9.17) is 4.98 Å². The molecule has 4 heteroatoms. The summed E-state index contributed by atoms with van der Waals surface area (Å²) in [5.41, 5.74) is 1.35. The van der Waals surface area contributed by atoms with Crippen molar-refractivity contribution < 1.29 is 0 Å². The van der Waals surface area contributed by atoms with Crippen LogP contribution in [0.3, 0.4) is 0 Å². The molecule has 0 aliphatic carbocycles. The fraction of sp³-hybridized carbons (Fsp3) is 0.824. The molecular formula is C17H33N3S. The highest BCUT2D eigenvalue weighted by atomic mass is 32.1. The first-order valence-electron chi connectivity index (χ1n) is 8.14. The number of nitrogens with zero attached hydrogens (tertiary/aromatic N) is 2. The number of aromatic nitrogens is 1. The third-order valence-electron chi connectivity index (χ3n) is 3.36. The van der Waals surface area contributed by atoms with Crippen LogP contribution in [0.2, 0.25) is 0 Å². The van der Waals surface area contributed by atoms with Crippen LogP contribution in [0.4, 0.5) is 5.13 Å². The van der Waals surface area contributed by atoms with Gasteiger partial charge in [-0.1, -0.05) is 41.5 Å². The topological polar surface area (TPSA) is 28.2 Å². The minimum atomic E-state index is 0.0972. The smallest absolute Gasteiger partial charge is 0.186 e. The van der Waals surface area contributed by atoms with Crippen LogP contribution in [-0.2, 0) is 12.0 Å². The molecule has 0 aliphatic rings. The zero-order valence-electron chi connectivity index (χ0n) is 15.1. The molecule has 122 valence electrons. The van der Waals surface area contributed by atoms with Gasteiger partial charge in [0.15, 0.2) is 5.13 Å². The van der Waals surface area contributed by atoms with E-state index in [1.807, 2.05) is 11.3 Å². The lowest BCUT2D eigenvalue weighted by atomic mass is 9.91. The molecule has 0 saturated heterocycles. The summed E-state index contributed by atoms with van der Waals surface area (Å²) in [7, 11) is 0. The molecule has 0 aromatic carbocycles. The molecule has 0 unspecified atom stereocenters. The number of rotatable bonds is 7. The summed E-state index contributed by atoms with van der Waals surface area (Å²) in [4.78, 5) is 8.84. The molecule has 1 heterocycles. The van der Waals surface area contributed by atoms with Crippen LogP contribution in [0.5, 0.6) is 0 Å². The molecule has 21 heavy (non-hydrogen) atoms. The first kappa shape index (κ1) is 18.4. The van der Waals surface area contributed by atoms with E-state index in [9.17, 15) is 0 Å². The molecule has 0 aliphatic heterocycles. The van der Waals surface area contributed by atoms with Gasteiger partial charge < -0.3 is 10.2 Å². The first-order chi connectivity index (χ1) is 9.66. The minimum absolute atomic E-state index is 0.0972. The van der Waals surface area contributed by atoms with Crippen molar-refractivity contribution in [3.05, 3.63) is 10.6 Å². The predicted molar refractivity (Wildman–Crippen MR) is 95.5 cm³/mol. The molecule has 1 N–H and O–H groups in total. The predicted octanol–water partition coefficient (Wildman–Crippen LogP) is 4.42.